The van der Waals surface area contributed by atoms with Gasteiger partial charge in [-0.25, -0.2) is 0 Å². The predicted molar refractivity (Wildman–Crippen MR) is 116 cm³/mol. The van der Waals surface area contributed by atoms with Crippen LogP contribution in [0.2, 0.25) is 0 Å². The first-order valence-electron chi connectivity index (χ1n) is 10.4. The van der Waals surface area contributed by atoms with Gasteiger partial charge in [0.15, 0.2) is 0 Å². The largest absolute Gasteiger partial charge is 0.335 e. The Kier molecular flexibility index (Phi) is 4.76. The summed E-state index contributed by atoms with van der Waals surface area (Å²) in [4.78, 5) is 28.3. The van der Waals surface area contributed by atoms with Crippen LogP contribution < -0.4 is 5.32 Å². The topological polar surface area (TPSA) is 49.4 Å². The Labute approximate surface area is 173 Å². The van der Waals surface area contributed by atoms with Gasteiger partial charge in [0.2, 0.25) is 0 Å². The van der Waals surface area contributed by atoms with Crippen molar-refractivity contribution in [1.29, 1.82) is 0 Å². The summed E-state index contributed by atoms with van der Waals surface area (Å²) in [6.45, 7) is 9.70. The molecule has 1 heterocycles. The summed E-state index contributed by atoms with van der Waals surface area (Å²) in [7, 11) is 0. The van der Waals surface area contributed by atoms with Crippen LogP contribution in [-0.2, 0) is 0 Å². The van der Waals surface area contributed by atoms with Crippen LogP contribution in [0.5, 0.6) is 0 Å². The van der Waals surface area contributed by atoms with Crippen molar-refractivity contribution in [3.8, 4) is 0 Å². The Bertz CT molecular complexity index is 948. The molecular formula is C25H30N2O2. The lowest BCUT2D eigenvalue weighted by molar-refractivity contribution is 0.0709. The summed E-state index contributed by atoms with van der Waals surface area (Å²) in [6.07, 6.45) is 3.25. The first-order chi connectivity index (χ1) is 13.7. The molecule has 2 bridgehead atoms. The number of fused-ring (bicyclic) bond motifs is 2. The molecule has 0 radical (unpaired) electrons. The molecule has 29 heavy (non-hydrogen) atoms. The number of para-hydroxylation sites is 1. The minimum atomic E-state index is -0.196. The van der Waals surface area contributed by atoms with Crippen LogP contribution >= 0.6 is 0 Å². The van der Waals surface area contributed by atoms with E-state index >= 15 is 0 Å². The van der Waals surface area contributed by atoms with Crippen molar-refractivity contribution >= 4 is 17.5 Å². The highest BCUT2D eigenvalue weighted by atomic mass is 16.2. The van der Waals surface area contributed by atoms with Gasteiger partial charge in [-0.2, -0.15) is 0 Å². The number of hydrogen-bond donors (Lipinski definition) is 1. The van der Waals surface area contributed by atoms with Gasteiger partial charge >= 0.3 is 0 Å². The first-order valence-corrected chi connectivity index (χ1v) is 10.4. The van der Waals surface area contributed by atoms with Gasteiger partial charge in [-0.1, -0.05) is 50.6 Å². The van der Waals surface area contributed by atoms with E-state index in [4.69, 9.17) is 0 Å². The third-order valence-electron chi connectivity index (χ3n) is 6.40. The maximum absolute atomic E-state index is 13.5. The molecule has 2 aliphatic rings. The Morgan fingerprint density at radius 1 is 1.00 bits per heavy atom. The van der Waals surface area contributed by atoms with Gasteiger partial charge in [-0.3, -0.25) is 9.59 Å². The molecule has 2 aromatic rings. The molecule has 0 aromatic heterocycles. The maximum Gasteiger partial charge on any atom is 0.256 e. The van der Waals surface area contributed by atoms with Crippen LogP contribution in [0.1, 0.15) is 66.3 Å². The monoisotopic (exact) mass is 390 g/mol. The molecule has 0 spiro atoms. The van der Waals surface area contributed by atoms with Crippen molar-refractivity contribution < 1.29 is 9.59 Å². The average molecular weight is 391 g/mol. The van der Waals surface area contributed by atoms with E-state index in [0.29, 0.717) is 16.8 Å². The van der Waals surface area contributed by atoms with E-state index in [2.05, 4.69) is 26.1 Å². The smallest absolute Gasteiger partial charge is 0.256 e. The molecule has 2 amide bonds. The van der Waals surface area contributed by atoms with Gasteiger partial charge in [-0.15, -0.1) is 0 Å². The first kappa shape index (κ1) is 19.7. The normalized spacial score (nSPS) is 25.0. The molecule has 2 atom stereocenters. The summed E-state index contributed by atoms with van der Waals surface area (Å²) >= 11 is 0. The fourth-order valence-electron chi connectivity index (χ4n) is 5.53. The number of hydrogen-bond acceptors (Lipinski definition) is 2. The SMILES string of the molecule is Cc1ccc(C(=O)Nc2ccccc2C(=O)N2C[C@@]3(C)C[C@H]2CC(C)(C)C3)cc1. The zero-order chi connectivity index (χ0) is 20.8. The van der Waals surface area contributed by atoms with E-state index < -0.39 is 0 Å². The van der Waals surface area contributed by atoms with Crippen molar-refractivity contribution in [1.82, 2.24) is 4.90 Å². The minimum Gasteiger partial charge on any atom is -0.335 e. The van der Waals surface area contributed by atoms with Gasteiger partial charge < -0.3 is 10.2 Å². The van der Waals surface area contributed by atoms with Crippen molar-refractivity contribution in [2.75, 3.05) is 11.9 Å². The molecule has 1 N–H and O–H groups in total. The molecule has 4 nitrogen and oxygen atoms in total. The second-order valence-electron chi connectivity index (χ2n) is 10.0. The van der Waals surface area contributed by atoms with Crippen LogP contribution in [0, 0.1) is 17.8 Å². The molecule has 2 aromatic carbocycles. The number of rotatable bonds is 3. The predicted octanol–water partition coefficient (Wildman–Crippen LogP) is 5.29. The lowest BCUT2D eigenvalue weighted by Crippen LogP contribution is -2.38. The number of likely N-dealkylation sites (tertiary alicyclic amines) is 1. The summed E-state index contributed by atoms with van der Waals surface area (Å²) in [5.41, 5.74) is 3.28. The van der Waals surface area contributed by atoms with Gasteiger partial charge in [-0.05, 0) is 61.3 Å². The Hall–Kier alpha value is -2.62. The third-order valence-corrected chi connectivity index (χ3v) is 6.40. The van der Waals surface area contributed by atoms with Crippen LogP contribution in [-0.4, -0.2) is 29.3 Å². The van der Waals surface area contributed by atoms with E-state index in [1.807, 2.05) is 60.4 Å². The second kappa shape index (κ2) is 7.01. The fraction of sp³-hybridized carbons (Fsp3) is 0.440. The van der Waals surface area contributed by atoms with Gasteiger partial charge in [0, 0.05) is 18.2 Å². The van der Waals surface area contributed by atoms with Crippen molar-refractivity contribution in [2.45, 2.75) is 53.0 Å². The van der Waals surface area contributed by atoms with Crippen LogP contribution in [0.25, 0.3) is 0 Å². The van der Waals surface area contributed by atoms with E-state index in [1.165, 1.54) is 0 Å². The molecule has 1 saturated carbocycles. The average Bonchev–Trinajstić information content (AvgIpc) is 2.91. The molecule has 4 heteroatoms. The van der Waals surface area contributed by atoms with E-state index in [9.17, 15) is 9.59 Å². The highest BCUT2D eigenvalue weighted by molar-refractivity contribution is 6.09. The van der Waals surface area contributed by atoms with E-state index in [-0.39, 0.29) is 28.7 Å². The standard InChI is InChI=1S/C25H30N2O2/c1-17-9-11-18(12-10-17)22(28)26-21-8-6-5-7-20(21)23(29)27-16-25(4)14-19(27)13-24(2,3)15-25/h5-12,19H,13-16H2,1-4H3,(H,26,28)/t19-,25+/m1/s1. The molecule has 1 aliphatic carbocycles. The highest BCUT2D eigenvalue weighted by Crippen LogP contribution is 2.52. The molecular weight excluding hydrogens is 360 g/mol. The van der Waals surface area contributed by atoms with Crippen molar-refractivity contribution in [3.05, 3.63) is 65.2 Å². The molecule has 4 rings (SSSR count). The molecule has 152 valence electrons. The van der Waals surface area contributed by atoms with E-state index in [0.717, 1.165) is 31.4 Å². The summed E-state index contributed by atoms with van der Waals surface area (Å²) < 4.78 is 0. The summed E-state index contributed by atoms with van der Waals surface area (Å²) in [5.74, 6) is -0.172. The Morgan fingerprint density at radius 3 is 2.41 bits per heavy atom. The Balaban J connectivity index is 1.58. The lowest BCUT2D eigenvalue weighted by Gasteiger charge is -2.39. The fourth-order valence-corrected chi connectivity index (χ4v) is 5.53. The number of benzene rings is 2. The summed E-state index contributed by atoms with van der Waals surface area (Å²) in [5, 5.41) is 2.95. The number of anilines is 1. The molecule has 0 unspecified atom stereocenters. The maximum atomic E-state index is 13.5. The molecule has 1 aliphatic heterocycles. The number of nitrogens with one attached hydrogen (secondary N) is 1. The van der Waals surface area contributed by atoms with Gasteiger partial charge in [0.1, 0.15) is 0 Å². The van der Waals surface area contributed by atoms with Gasteiger partial charge in [0.25, 0.3) is 11.8 Å². The van der Waals surface area contributed by atoms with Gasteiger partial charge in [0.05, 0.1) is 11.3 Å². The van der Waals surface area contributed by atoms with Crippen LogP contribution in [0.4, 0.5) is 5.69 Å². The number of amides is 2. The highest BCUT2D eigenvalue weighted by Gasteiger charge is 2.51. The quantitative estimate of drug-likeness (QED) is 0.774. The second-order valence-corrected chi connectivity index (χ2v) is 10.0. The number of nitrogens with zero attached hydrogens (tertiary/aromatic N) is 1. The Morgan fingerprint density at radius 2 is 1.69 bits per heavy atom. The molecule has 1 saturated heterocycles. The van der Waals surface area contributed by atoms with Crippen LogP contribution in [0.3, 0.4) is 0 Å². The number of aryl methyl sites for hydroxylation is 1. The van der Waals surface area contributed by atoms with Crippen LogP contribution in [0.15, 0.2) is 48.5 Å². The third kappa shape index (κ3) is 3.93. The van der Waals surface area contributed by atoms with Crippen molar-refractivity contribution in [3.63, 3.8) is 0 Å². The van der Waals surface area contributed by atoms with E-state index in [1.54, 1.807) is 0 Å². The zero-order valence-electron chi connectivity index (χ0n) is 17.8. The summed E-state index contributed by atoms with van der Waals surface area (Å²) in [6, 6.07) is 15.1. The zero-order valence-corrected chi connectivity index (χ0v) is 17.8. The lowest BCUT2D eigenvalue weighted by atomic mass is 9.65. The van der Waals surface area contributed by atoms with Crippen molar-refractivity contribution in [2.24, 2.45) is 10.8 Å². The molecule has 2 fully saturated rings. The number of carbonyl (C=O) groups excluding carboxylic acids is 2. The minimum absolute atomic E-state index is 0.0243. The number of carbonyl (C=O) groups is 2.